The van der Waals surface area contributed by atoms with Crippen molar-refractivity contribution in [2.45, 2.75) is 44.9 Å². The molecule has 0 radical (unpaired) electrons. The molecule has 3 rings (SSSR count). The number of ether oxygens (including phenoxy) is 3. The molecule has 0 spiro atoms. The molecule has 33 heavy (non-hydrogen) atoms. The molecule has 7 nitrogen and oxygen atoms in total. The fraction of sp³-hybridized carbons (Fsp3) is 0.440. The second-order valence-corrected chi connectivity index (χ2v) is 8.51. The number of amides is 2. The van der Waals surface area contributed by atoms with E-state index in [1.807, 2.05) is 18.2 Å². The summed E-state index contributed by atoms with van der Waals surface area (Å²) < 4.78 is 16.2. The van der Waals surface area contributed by atoms with Gasteiger partial charge in [-0.2, -0.15) is 0 Å². The van der Waals surface area contributed by atoms with E-state index in [1.54, 1.807) is 50.3 Å². The molecule has 1 heterocycles. The van der Waals surface area contributed by atoms with Crippen LogP contribution in [-0.4, -0.2) is 56.2 Å². The number of methoxy groups -OCH3 is 2. The van der Waals surface area contributed by atoms with Crippen LogP contribution in [-0.2, 0) is 27.3 Å². The highest BCUT2D eigenvalue weighted by molar-refractivity contribution is 6.30. The number of nitrogens with one attached hydrogen (secondary N) is 1. The molecular formula is C25H31ClN2O5. The van der Waals surface area contributed by atoms with E-state index in [9.17, 15) is 9.59 Å². The number of carbonyl (C=O) groups excluding carboxylic acids is 2. The molecule has 0 aromatic heterocycles. The Morgan fingerprint density at radius 2 is 1.82 bits per heavy atom. The van der Waals surface area contributed by atoms with E-state index in [0.29, 0.717) is 23.1 Å². The molecule has 2 aromatic rings. The van der Waals surface area contributed by atoms with E-state index in [4.69, 9.17) is 25.8 Å². The smallest absolute Gasteiger partial charge is 0.242 e. The minimum atomic E-state index is -0.658. The van der Waals surface area contributed by atoms with Crippen molar-refractivity contribution in [2.24, 2.45) is 0 Å². The SMILES string of the molecule is COc1ccc(CC(=O)N(Cc2ccc(Cl)cc2)[C@@H](C)C(=O)NC[C@H]2CCCO2)cc1OC. The summed E-state index contributed by atoms with van der Waals surface area (Å²) in [6.45, 7) is 3.20. The minimum Gasteiger partial charge on any atom is -0.493 e. The molecule has 2 atom stereocenters. The van der Waals surface area contributed by atoms with Gasteiger partial charge in [0.15, 0.2) is 11.5 Å². The van der Waals surface area contributed by atoms with Crippen LogP contribution in [0.4, 0.5) is 0 Å². The average Bonchev–Trinajstić information content (AvgIpc) is 3.35. The van der Waals surface area contributed by atoms with Gasteiger partial charge >= 0.3 is 0 Å². The van der Waals surface area contributed by atoms with Crippen molar-refractivity contribution in [1.29, 1.82) is 0 Å². The van der Waals surface area contributed by atoms with Gasteiger partial charge in [-0.25, -0.2) is 0 Å². The van der Waals surface area contributed by atoms with Crippen LogP contribution in [0.5, 0.6) is 11.5 Å². The average molecular weight is 475 g/mol. The summed E-state index contributed by atoms with van der Waals surface area (Å²) in [5.74, 6) is 0.764. The van der Waals surface area contributed by atoms with Crippen molar-refractivity contribution in [3.8, 4) is 11.5 Å². The zero-order valence-electron chi connectivity index (χ0n) is 19.3. The van der Waals surface area contributed by atoms with Gasteiger partial charge in [-0.05, 0) is 55.2 Å². The van der Waals surface area contributed by atoms with Gasteiger partial charge < -0.3 is 24.4 Å². The van der Waals surface area contributed by atoms with E-state index in [2.05, 4.69) is 5.32 Å². The van der Waals surface area contributed by atoms with Crippen molar-refractivity contribution in [3.63, 3.8) is 0 Å². The van der Waals surface area contributed by atoms with Crippen LogP contribution in [0, 0.1) is 0 Å². The number of carbonyl (C=O) groups is 2. The van der Waals surface area contributed by atoms with Crippen LogP contribution in [0.1, 0.15) is 30.9 Å². The van der Waals surface area contributed by atoms with Gasteiger partial charge in [0.25, 0.3) is 0 Å². The zero-order valence-corrected chi connectivity index (χ0v) is 20.1. The lowest BCUT2D eigenvalue weighted by molar-refractivity contribution is -0.140. The lowest BCUT2D eigenvalue weighted by Gasteiger charge is -2.29. The number of halogens is 1. The molecule has 2 aromatic carbocycles. The zero-order chi connectivity index (χ0) is 23.8. The van der Waals surface area contributed by atoms with Gasteiger partial charge in [-0.1, -0.05) is 29.8 Å². The predicted molar refractivity (Wildman–Crippen MR) is 127 cm³/mol. The summed E-state index contributed by atoms with van der Waals surface area (Å²) in [6, 6.07) is 12.0. The van der Waals surface area contributed by atoms with Crippen molar-refractivity contribution in [2.75, 3.05) is 27.4 Å². The van der Waals surface area contributed by atoms with E-state index in [-0.39, 0.29) is 30.9 Å². The van der Waals surface area contributed by atoms with Crippen LogP contribution in [0.25, 0.3) is 0 Å². The summed E-state index contributed by atoms with van der Waals surface area (Å²) >= 11 is 6.01. The van der Waals surface area contributed by atoms with Gasteiger partial charge in [-0.15, -0.1) is 0 Å². The molecule has 2 amide bonds. The largest absolute Gasteiger partial charge is 0.493 e. The first-order chi connectivity index (χ1) is 15.9. The molecule has 1 aliphatic rings. The lowest BCUT2D eigenvalue weighted by atomic mass is 10.1. The third kappa shape index (κ3) is 6.85. The number of hydrogen-bond acceptors (Lipinski definition) is 5. The van der Waals surface area contributed by atoms with Gasteiger partial charge in [0.05, 0.1) is 26.7 Å². The van der Waals surface area contributed by atoms with E-state index in [0.717, 1.165) is 30.6 Å². The summed E-state index contributed by atoms with van der Waals surface area (Å²) in [6.07, 6.45) is 2.09. The minimum absolute atomic E-state index is 0.0355. The molecule has 0 aliphatic carbocycles. The summed E-state index contributed by atoms with van der Waals surface area (Å²) in [4.78, 5) is 27.9. The Hall–Kier alpha value is -2.77. The van der Waals surface area contributed by atoms with Crippen LogP contribution in [0.3, 0.4) is 0 Å². The van der Waals surface area contributed by atoms with Crippen molar-refractivity contribution in [3.05, 3.63) is 58.6 Å². The fourth-order valence-electron chi connectivity index (χ4n) is 3.80. The Balaban J connectivity index is 1.75. The number of nitrogens with zero attached hydrogens (tertiary/aromatic N) is 1. The second kappa shape index (κ2) is 11.9. The number of rotatable bonds is 10. The van der Waals surface area contributed by atoms with E-state index >= 15 is 0 Å². The van der Waals surface area contributed by atoms with Crippen LogP contribution in [0.2, 0.25) is 5.02 Å². The maximum absolute atomic E-state index is 13.4. The normalized spacial score (nSPS) is 16.2. The monoisotopic (exact) mass is 474 g/mol. The Bertz CT molecular complexity index is 944. The number of benzene rings is 2. The molecule has 1 fully saturated rings. The predicted octanol–water partition coefficient (Wildman–Crippen LogP) is 3.61. The van der Waals surface area contributed by atoms with E-state index in [1.165, 1.54) is 0 Å². The number of hydrogen-bond donors (Lipinski definition) is 1. The first-order valence-corrected chi connectivity index (χ1v) is 11.4. The molecule has 0 saturated carbocycles. The maximum Gasteiger partial charge on any atom is 0.242 e. The van der Waals surface area contributed by atoms with Gasteiger partial charge in [0.2, 0.25) is 11.8 Å². The lowest BCUT2D eigenvalue weighted by Crippen LogP contribution is -2.49. The van der Waals surface area contributed by atoms with Gasteiger partial charge in [-0.3, -0.25) is 9.59 Å². The highest BCUT2D eigenvalue weighted by atomic mass is 35.5. The molecule has 1 N–H and O–H groups in total. The third-order valence-electron chi connectivity index (χ3n) is 5.76. The van der Waals surface area contributed by atoms with Crippen LogP contribution in [0.15, 0.2) is 42.5 Å². The molecular weight excluding hydrogens is 444 g/mol. The maximum atomic E-state index is 13.4. The third-order valence-corrected chi connectivity index (χ3v) is 6.02. The highest BCUT2D eigenvalue weighted by Crippen LogP contribution is 2.28. The van der Waals surface area contributed by atoms with Crippen molar-refractivity contribution >= 4 is 23.4 Å². The highest BCUT2D eigenvalue weighted by Gasteiger charge is 2.27. The topological polar surface area (TPSA) is 77.1 Å². The first-order valence-electron chi connectivity index (χ1n) is 11.1. The standard InChI is InChI=1S/C25H31ClN2O5/c1-17(25(30)27-15-21-5-4-12-33-21)28(16-18-6-9-20(26)10-7-18)24(29)14-19-8-11-22(31-2)23(13-19)32-3/h6-11,13,17,21H,4-5,12,14-16H2,1-3H3,(H,27,30)/t17-,21+/m0/s1. The molecule has 8 heteroatoms. The van der Waals surface area contributed by atoms with Crippen LogP contribution >= 0.6 is 11.6 Å². The van der Waals surface area contributed by atoms with Crippen LogP contribution < -0.4 is 14.8 Å². The summed E-state index contributed by atoms with van der Waals surface area (Å²) in [5.41, 5.74) is 1.66. The Morgan fingerprint density at radius 3 is 2.45 bits per heavy atom. The molecule has 1 saturated heterocycles. The Labute approximate surface area is 200 Å². The molecule has 0 unspecified atom stereocenters. The van der Waals surface area contributed by atoms with Crippen molar-refractivity contribution < 1.29 is 23.8 Å². The fourth-order valence-corrected chi connectivity index (χ4v) is 3.93. The Kier molecular flexibility index (Phi) is 8.97. The quantitative estimate of drug-likeness (QED) is 0.569. The van der Waals surface area contributed by atoms with Crippen molar-refractivity contribution in [1.82, 2.24) is 10.2 Å². The first kappa shape index (κ1) is 24.9. The molecule has 0 bridgehead atoms. The second-order valence-electron chi connectivity index (χ2n) is 8.07. The van der Waals surface area contributed by atoms with E-state index < -0.39 is 6.04 Å². The summed E-state index contributed by atoms with van der Waals surface area (Å²) in [7, 11) is 3.12. The molecule has 178 valence electrons. The summed E-state index contributed by atoms with van der Waals surface area (Å²) in [5, 5.41) is 3.55. The molecule has 1 aliphatic heterocycles. The Morgan fingerprint density at radius 1 is 1.12 bits per heavy atom. The van der Waals surface area contributed by atoms with Gasteiger partial charge in [0, 0.05) is 24.7 Å². The van der Waals surface area contributed by atoms with Gasteiger partial charge in [0.1, 0.15) is 6.04 Å².